The highest BCUT2D eigenvalue weighted by atomic mass is 16.5. The molecule has 1 aliphatic heterocycles. The molecule has 3 nitrogen and oxygen atoms in total. The van der Waals surface area contributed by atoms with Crippen LogP contribution >= 0.6 is 0 Å². The molecule has 0 bridgehead atoms. The van der Waals surface area contributed by atoms with Crippen LogP contribution in [0.5, 0.6) is 0 Å². The number of allylic oxidation sites excluding steroid dienone is 2. The van der Waals surface area contributed by atoms with Gasteiger partial charge >= 0.3 is 0 Å². The number of ether oxygens (including phenoxy) is 2. The normalized spacial score (nSPS) is 35.4. The van der Waals surface area contributed by atoms with E-state index in [0.29, 0.717) is 17.9 Å². The van der Waals surface area contributed by atoms with Gasteiger partial charge in [0.2, 0.25) is 0 Å². The SMILES string of the molecule is COCCNCC1CCOC1C1CC(C)=CC(C)C1. The number of rotatable bonds is 6. The minimum atomic E-state index is 0.459. The third-order valence-corrected chi connectivity index (χ3v) is 4.45. The van der Waals surface area contributed by atoms with Crippen LogP contribution < -0.4 is 5.32 Å². The van der Waals surface area contributed by atoms with Crippen LogP contribution in [0.1, 0.15) is 33.1 Å². The summed E-state index contributed by atoms with van der Waals surface area (Å²) in [5.41, 5.74) is 1.55. The first kappa shape index (κ1) is 15.0. The van der Waals surface area contributed by atoms with Gasteiger partial charge in [0.05, 0.1) is 12.7 Å². The van der Waals surface area contributed by atoms with Crippen LogP contribution in [-0.4, -0.2) is 39.5 Å². The second-order valence-corrected chi connectivity index (χ2v) is 6.27. The van der Waals surface area contributed by atoms with Gasteiger partial charge in [-0.15, -0.1) is 0 Å². The maximum Gasteiger partial charge on any atom is 0.0647 e. The lowest BCUT2D eigenvalue weighted by atomic mass is 9.77. The molecule has 2 rings (SSSR count). The fourth-order valence-corrected chi connectivity index (χ4v) is 3.70. The Morgan fingerprint density at radius 3 is 3.05 bits per heavy atom. The van der Waals surface area contributed by atoms with E-state index in [9.17, 15) is 0 Å². The predicted molar refractivity (Wildman–Crippen MR) is 78.2 cm³/mol. The summed E-state index contributed by atoms with van der Waals surface area (Å²) in [6, 6.07) is 0. The Kier molecular flexibility index (Phi) is 5.86. The Labute approximate surface area is 117 Å². The molecule has 1 heterocycles. The van der Waals surface area contributed by atoms with Crippen LogP contribution in [0.15, 0.2) is 11.6 Å². The Morgan fingerprint density at radius 1 is 1.47 bits per heavy atom. The van der Waals surface area contributed by atoms with Crippen molar-refractivity contribution in [1.29, 1.82) is 0 Å². The van der Waals surface area contributed by atoms with Crippen molar-refractivity contribution in [3.8, 4) is 0 Å². The molecule has 0 radical (unpaired) electrons. The van der Waals surface area contributed by atoms with Crippen molar-refractivity contribution in [2.75, 3.05) is 33.4 Å². The first-order valence-electron chi connectivity index (χ1n) is 7.69. The Morgan fingerprint density at radius 2 is 2.32 bits per heavy atom. The summed E-state index contributed by atoms with van der Waals surface area (Å²) >= 11 is 0. The largest absolute Gasteiger partial charge is 0.383 e. The summed E-state index contributed by atoms with van der Waals surface area (Å²) in [4.78, 5) is 0. The zero-order valence-electron chi connectivity index (χ0n) is 12.7. The van der Waals surface area contributed by atoms with Crippen molar-refractivity contribution in [2.24, 2.45) is 17.8 Å². The van der Waals surface area contributed by atoms with Gasteiger partial charge < -0.3 is 14.8 Å². The van der Waals surface area contributed by atoms with Gasteiger partial charge in [-0.1, -0.05) is 18.6 Å². The number of nitrogens with one attached hydrogen (secondary N) is 1. The minimum Gasteiger partial charge on any atom is -0.383 e. The lowest BCUT2D eigenvalue weighted by Gasteiger charge is -2.32. The molecule has 0 aromatic heterocycles. The fourth-order valence-electron chi connectivity index (χ4n) is 3.70. The molecule has 0 spiro atoms. The molecule has 1 aliphatic carbocycles. The highest BCUT2D eigenvalue weighted by Gasteiger charge is 2.36. The van der Waals surface area contributed by atoms with Gasteiger partial charge in [-0.05, 0) is 38.0 Å². The van der Waals surface area contributed by atoms with E-state index in [4.69, 9.17) is 9.47 Å². The molecule has 3 heteroatoms. The summed E-state index contributed by atoms with van der Waals surface area (Å²) in [7, 11) is 1.75. The summed E-state index contributed by atoms with van der Waals surface area (Å²) in [6.45, 7) is 8.34. The van der Waals surface area contributed by atoms with E-state index in [1.54, 1.807) is 12.7 Å². The van der Waals surface area contributed by atoms with Gasteiger partial charge in [0.15, 0.2) is 0 Å². The highest BCUT2D eigenvalue weighted by molar-refractivity contribution is 5.08. The molecule has 1 N–H and O–H groups in total. The van der Waals surface area contributed by atoms with Gasteiger partial charge in [0, 0.05) is 32.7 Å². The fraction of sp³-hybridized carbons (Fsp3) is 0.875. The summed E-state index contributed by atoms with van der Waals surface area (Å²) in [5, 5.41) is 3.50. The molecular formula is C16H29NO2. The molecule has 0 aromatic rings. The first-order valence-corrected chi connectivity index (χ1v) is 7.69. The zero-order valence-corrected chi connectivity index (χ0v) is 12.7. The van der Waals surface area contributed by atoms with E-state index < -0.39 is 0 Å². The van der Waals surface area contributed by atoms with Crippen LogP contribution in [0.3, 0.4) is 0 Å². The monoisotopic (exact) mass is 267 g/mol. The Bertz CT molecular complexity index is 303. The molecule has 0 saturated carbocycles. The molecule has 110 valence electrons. The minimum absolute atomic E-state index is 0.459. The van der Waals surface area contributed by atoms with Crippen molar-refractivity contribution in [1.82, 2.24) is 5.32 Å². The molecule has 4 unspecified atom stereocenters. The van der Waals surface area contributed by atoms with E-state index in [0.717, 1.165) is 32.2 Å². The average molecular weight is 267 g/mol. The molecule has 19 heavy (non-hydrogen) atoms. The van der Waals surface area contributed by atoms with Crippen molar-refractivity contribution >= 4 is 0 Å². The third kappa shape index (κ3) is 4.30. The van der Waals surface area contributed by atoms with E-state index >= 15 is 0 Å². The Balaban J connectivity index is 1.83. The van der Waals surface area contributed by atoms with Crippen molar-refractivity contribution < 1.29 is 9.47 Å². The molecule has 0 amide bonds. The van der Waals surface area contributed by atoms with Gasteiger partial charge in [0.1, 0.15) is 0 Å². The lowest BCUT2D eigenvalue weighted by Crippen LogP contribution is -2.36. The summed E-state index contributed by atoms with van der Waals surface area (Å²) in [5.74, 6) is 2.11. The van der Waals surface area contributed by atoms with Crippen LogP contribution in [0.2, 0.25) is 0 Å². The van der Waals surface area contributed by atoms with Gasteiger partial charge in [-0.25, -0.2) is 0 Å². The second kappa shape index (κ2) is 7.41. The van der Waals surface area contributed by atoms with Crippen molar-refractivity contribution in [3.63, 3.8) is 0 Å². The van der Waals surface area contributed by atoms with E-state index in [1.807, 2.05) is 0 Å². The molecule has 4 atom stereocenters. The standard InChI is InChI=1S/C16H29NO2/c1-12-8-13(2)10-15(9-12)16-14(4-6-19-16)11-17-5-7-18-3/h8,12,14-17H,4-7,9-11H2,1-3H3. The molecule has 0 aromatic carbocycles. The first-order chi connectivity index (χ1) is 9.20. The van der Waals surface area contributed by atoms with Crippen molar-refractivity contribution in [3.05, 3.63) is 11.6 Å². The number of methoxy groups -OCH3 is 1. The highest BCUT2D eigenvalue weighted by Crippen LogP contribution is 2.37. The smallest absolute Gasteiger partial charge is 0.0647 e. The van der Waals surface area contributed by atoms with Gasteiger partial charge in [-0.2, -0.15) is 0 Å². The molecule has 1 fully saturated rings. The Hall–Kier alpha value is -0.380. The van der Waals surface area contributed by atoms with E-state index in [-0.39, 0.29) is 0 Å². The molecular weight excluding hydrogens is 238 g/mol. The van der Waals surface area contributed by atoms with Crippen LogP contribution in [-0.2, 0) is 9.47 Å². The second-order valence-electron chi connectivity index (χ2n) is 6.27. The maximum atomic E-state index is 6.06. The maximum absolute atomic E-state index is 6.06. The van der Waals surface area contributed by atoms with Crippen LogP contribution in [0.25, 0.3) is 0 Å². The number of hydrogen-bond acceptors (Lipinski definition) is 3. The molecule has 1 saturated heterocycles. The lowest BCUT2D eigenvalue weighted by molar-refractivity contribution is 0.0319. The summed E-state index contributed by atoms with van der Waals surface area (Å²) in [6.07, 6.45) is 6.61. The van der Waals surface area contributed by atoms with Crippen LogP contribution in [0.4, 0.5) is 0 Å². The number of hydrogen-bond donors (Lipinski definition) is 1. The van der Waals surface area contributed by atoms with Gasteiger partial charge in [0.25, 0.3) is 0 Å². The van der Waals surface area contributed by atoms with Crippen molar-refractivity contribution in [2.45, 2.75) is 39.2 Å². The zero-order chi connectivity index (χ0) is 13.7. The average Bonchev–Trinajstić information content (AvgIpc) is 2.82. The molecule has 2 aliphatic rings. The third-order valence-electron chi connectivity index (χ3n) is 4.45. The quantitative estimate of drug-likeness (QED) is 0.593. The van der Waals surface area contributed by atoms with E-state index in [2.05, 4.69) is 25.2 Å². The van der Waals surface area contributed by atoms with Crippen LogP contribution in [0, 0.1) is 17.8 Å². The topological polar surface area (TPSA) is 30.5 Å². The van der Waals surface area contributed by atoms with Gasteiger partial charge in [-0.3, -0.25) is 0 Å². The predicted octanol–water partition coefficient (Wildman–Crippen LogP) is 2.62. The summed E-state index contributed by atoms with van der Waals surface area (Å²) < 4.78 is 11.1. The van der Waals surface area contributed by atoms with E-state index in [1.165, 1.54) is 19.3 Å².